The lowest BCUT2D eigenvalue weighted by molar-refractivity contribution is 0.600. The van der Waals surface area contributed by atoms with Gasteiger partial charge in [0.1, 0.15) is 0 Å². The molecule has 146 valence electrons. The first kappa shape index (κ1) is 19.3. The molecule has 2 heterocycles. The van der Waals surface area contributed by atoms with Crippen molar-refractivity contribution in [1.82, 2.24) is 9.97 Å². The predicted octanol–water partition coefficient (Wildman–Crippen LogP) is 4.93. The Bertz CT molecular complexity index is 1220. The second-order valence-corrected chi connectivity index (χ2v) is 9.50. The van der Waals surface area contributed by atoms with Crippen LogP contribution in [0.15, 0.2) is 78.2 Å². The van der Waals surface area contributed by atoms with Crippen LogP contribution in [0.1, 0.15) is 0 Å². The van der Waals surface area contributed by atoms with Crippen molar-refractivity contribution in [2.24, 2.45) is 0 Å². The van der Waals surface area contributed by atoms with Crippen molar-refractivity contribution in [1.29, 1.82) is 0 Å². The summed E-state index contributed by atoms with van der Waals surface area (Å²) < 4.78 is 26.1. The van der Waals surface area contributed by atoms with Crippen molar-refractivity contribution in [2.45, 2.75) is 0 Å². The Morgan fingerprint density at radius 3 is 2.00 bits per heavy atom. The van der Waals surface area contributed by atoms with Crippen LogP contribution in [-0.4, -0.2) is 31.7 Å². The first-order valence-corrected chi connectivity index (χ1v) is 11.7. The van der Waals surface area contributed by atoms with Crippen LogP contribution in [-0.2, 0) is 10.0 Å². The number of rotatable bonds is 5. The van der Waals surface area contributed by atoms with Crippen LogP contribution in [0.25, 0.3) is 33.1 Å². The lowest BCUT2D eigenvalue weighted by atomic mass is 10.0. The molecule has 0 unspecified atom stereocenters. The number of benzene rings is 2. The smallest absolute Gasteiger partial charge is 0.233 e. The zero-order chi connectivity index (χ0) is 20.4. The second-order valence-electron chi connectivity index (χ2n) is 6.53. The van der Waals surface area contributed by atoms with Crippen LogP contribution in [0.5, 0.6) is 0 Å². The third kappa shape index (κ3) is 3.92. The normalized spacial score (nSPS) is 11.4. The Labute approximate surface area is 174 Å². The van der Waals surface area contributed by atoms with Crippen LogP contribution < -0.4 is 4.31 Å². The van der Waals surface area contributed by atoms with E-state index in [4.69, 9.17) is 9.97 Å². The summed E-state index contributed by atoms with van der Waals surface area (Å²) in [5, 5.41) is 1.96. The molecule has 2 aromatic heterocycles. The van der Waals surface area contributed by atoms with E-state index in [-0.39, 0.29) is 0 Å². The van der Waals surface area contributed by atoms with E-state index in [1.807, 2.05) is 78.2 Å². The molecule has 0 spiro atoms. The number of aromatic nitrogens is 2. The summed E-state index contributed by atoms with van der Waals surface area (Å²) in [7, 11) is -1.99. The van der Waals surface area contributed by atoms with E-state index in [0.29, 0.717) is 22.9 Å². The highest BCUT2D eigenvalue weighted by Gasteiger charge is 2.25. The van der Waals surface area contributed by atoms with Crippen molar-refractivity contribution in [3.05, 3.63) is 78.2 Å². The Hall–Kier alpha value is -3.03. The molecular formula is C22H19N3O2S2. The van der Waals surface area contributed by atoms with Crippen LogP contribution in [0.3, 0.4) is 0 Å². The Morgan fingerprint density at radius 1 is 0.828 bits per heavy atom. The second kappa shape index (κ2) is 7.77. The summed E-state index contributed by atoms with van der Waals surface area (Å²) in [4.78, 5) is 10.5. The molecule has 0 aliphatic heterocycles. The van der Waals surface area contributed by atoms with Crippen LogP contribution in [0.4, 0.5) is 5.82 Å². The molecule has 0 bridgehead atoms. The highest BCUT2D eigenvalue weighted by atomic mass is 32.2. The quantitative estimate of drug-likeness (QED) is 0.458. The molecule has 7 heteroatoms. The summed E-state index contributed by atoms with van der Waals surface area (Å²) in [5.41, 5.74) is 3.13. The first-order valence-electron chi connectivity index (χ1n) is 8.96. The van der Waals surface area contributed by atoms with Gasteiger partial charge >= 0.3 is 0 Å². The van der Waals surface area contributed by atoms with Gasteiger partial charge in [0.05, 0.1) is 17.5 Å². The Kier molecular flexibility index (Phi) is 5.17. The maximum Gasteiger partial charge on any atom is 0.233 e. The number of hydrogen-bond acceptors (Lipinski definition) is 5. The molecule has 2 aromatic carbocycles. The van der Waals surface area contributed by atoms with Crippen LogP contribution in [0, 0.1) is 0 Å². The van der Waals surface area contributed by atoms with Gasteiger partial charge in [-0.3, -0.25) is 4.31 Å². The summed E-state index contributed by atoms with van der Waals surface area (Å²) in [6.45, 7) is 0. The Morgan fingerprint density at radius 2 is 1.45 bits per heavy atom. The van der Waals surface area contributed by atoms with E-state index in [2.05, 4.69) is 0 Å². The van der Waals surface area contributed by atoms with Gasteiger partial charge in [-0.25, -0.2) is 18.4 Å². The molecule has 0 amide bonds. The highest BCUT2D eigenvalue weighted by Crippen LogP contribution is 2.41. The molecule has 29 heavy (non-hydrogen) atoms. The van der Waals surface area contributed by atoms with Crippen LogP contribution >= 0.6 is 11.3 Å². The largest absolute Gasteiger partial charge is 0.256 e. The summed E-state index contributed by atoms with van der Waals surface area (Å²) >= 11 is 1.53. The SMILES string of the molecule is CN(c1nc(-c2ccccc2)nc(-c2ccccc2)c1-c1cccs1)S(C)(=O)=O. The zero-order valence-corrected chi connectivity index (χ0v) is 17.6. The number of sulfonamides is 1. The third-order valence-electron chi connectivity index (χ3n) is 4.53. The molecule has 0 saturated heterocycles. The molecule has 0 N–H and O–H groups in total. The van der Waals surface area contributed by atoms with E-state index >= 15 is 0 Å². The van der Waals surface area contributed by atoms with Crippen molar-refractivity contribution < 1.29 is 8.42 Å². The fourth-order valence-electron chi connectivity index (χ4n) is 3.00. The van der Waals surface area contributed by atoms with E-state index in [1.54, 1.807) is 0 Å². The van der Waals surface area contributed by atoms with Gasteiger partial charge in [0.15, 0.2) is 11.6 Å². The molecule has 0 aliphatic carbocycles. The van der Waals surface area contributed by atoms with Gasteiger partial charge in [0, 0.05) is 23.1 Å². The minimum absolute atomic E-state index is 0.364. The lowest BCUT2D eigenvalue weighted by Gasteiger charge is -2.21. The van der Waals surface area contributed by atoms with Crippen molar-refractivity contribution in [3.8, 4) is 33.1 Å². The Balaban J connectivity index is 2.09. The van der Waals surface area contributed by atoms with Crippen molar-refractivity contribution >= 4 is 27.2 Å². The average Bonchev–Trinajstić information content (AvgIpc) is 3.27. The fraction of sp³-hybridized carbons (Fsp3) is 0.0909. The topological polar surface area (TPSA) is 63.2 Å². The molecule has 0 radical (unpaired) electrons. The zero-order valence-electron chi connectivity index (χ0n) is 16.0. The standard InChI is InChI=1S/C22H19N3O2S2/c1-25(29(2,26)27)22-19(18-14-9-15-28-18)20(16-10-5-3-6-11-16)23-21(24-22)17-12-7-4-8-13-17/h3-15H,1-2H3. The molecule has 0 aliphatic rings. The summed E-state index contributed by atoms with van der Waals surface area (Å²) in [5.74, 6) is 0.845. The maximum atomic E-state index is 12.4. The first-order chi connectivity index (χ1) is 13.9. The molecule has 4 rings (SSSR count). The van der Waals surface area contributed by atoms with Gasteiger partial charge in [0.25, 0.3) is 0 Å². The van der Waals surface area contributed by atoms with Gasteiger partial charge in [-0.2, -0.15) is 0 Å². The number of thiophene rings is 1. The molecule has 0 fully saturated rings. The van der Waals surface area contributed by atoms with Gasteiger partial charge in [-0.1, -0.05) is 66.7 Å². The van der Waals surface area contributed by atoms with Gasteiger partial charge in [-0.05, 0) is 11.4 Å². The number of nitrogens with zero attached hydrogens (tertiary/aromatic N) is 3. The van der Waals surface area contributed by atoms with E-state index in [9.17, 15) is 8.42 Å². The van der Waals surface area contributed by atoms with Gasteiger partial charge in [-0.15, -0.1) is 11.3 Å². The van der Waals surface area contributed by atoms with E-state index in [1.165, 1.54) is 28.9 Å². The van der Waals surface area contributed by atoms with E-state index in [0.717, 1.165) is 16.0 Å². The molecule has 4 aromatic rings. The lowest BCUT2D eigenvalue weighted by Crippen LogP contribution is -2.27. The molecule has 0 saturated carbocycles. The molecule has 5 nitrogen and oxygen atoms in total. The van der Waals surface area contributed by atoms with Crippen molar-refractivity contribution in [3.63, 3.8) is 0 Å². The van der Waals surface area contributed by atoms with E-state index < -0.39 is 10.0 Å². The van der Waals surface area contributed by atoms with Gasteiger partial charge in [0.2, 0.25) is 10.0 Å². The highest BCUT2D eigenvalue weighted by molar-refractivity contribution is 7.92. The fourth-order valence-corrected chi connectivity index (χ4v) is 4.22. The molecular weight excluding hydrogens is 402 g/mol. The van der Waals surface area contributed by atoms with Crippen molar-refractivity contribution in [2.75, 3.05) is 17.6 Å². The third-order valence-corrected chi connectivity index (χ3v) is 6.59. The average molecular weight is 422 g/mol. The van der Waals surface area contributed by atoms with Crippen LogP contribution in [0.2, 0.25) is 0 Å². The predicted molar refractivity (Wildman–Crippen MR) is 119 cm³/mol. The van der Waals surface area contributed by atoms with Gasteiger partial charge < -0.3 is 0 Å². The molecule has 0 atom stereocenters. The minimum Gasteiger partial charge on any atom is -0.256 e. The number of anilines is 1. The number of hydrogen-bond donors (Lipinski definition) is 0. The summed E-state index contributed by atoms with van der Waals surface area (Å²) in [6.07, 6.45) is 1.18. The monoisotopic (exact) mass is 421 g/mol. The minimum atomic E-state index is -3.52. The summed E-state index contributed by atoms with van der Waals surface area (Å²) in [6, 6.07) is 23.2. The maximum absolute atomic E-state index is 12.4.